The fraction of sp³-hybridized carbons (Fsp3) is 0.917. The van der Waals surface area contributed by atoms with Crippen LogP contribution in [0.15, 0.2) is 0 Å². The first-order valence-electron chi connectivity index (χ1n) is 6.44. The smallest absolute Gasteiger partial charge is 0.325 e. The van der Waals surface area contributed by atoms with Crippen LogP contribution in [0.2, 0.25) is 0 Å². The second-order valence-electron chi connectivity index (χ2n) is 4.99. The first kappa shape index (κ1) is 15.1. The molecule has 0 N–H and O–H groups in total. The van der Waals surface area contributed by atoms with Crippen LogP contribution in [0, 0.1) is 5.92 Å². The Kier molecular flexibility index (Phi) is 5.28. The van der Waals surface area contributed by atoms with E-state index in [1.54, 1.807) is 11.8 Å². The van der Waals surface area contributed by atoms with E-state index in [2.05, 4.69) is 6.92 Å². The van der Waals surface area contributed by atoms with Crippen LogP contribution in [0.4, 0.5) is 18.0 Å². The largest absolute Gasteiger partial charge is 0.406 e. The van der Waals surface area contributed by atoms with Gasteiger partial charge in [-0.15, -0.1) is 0 Å². The molecule has 0 spiro atoms. The molecule has 0 saturated carbocycles. The molecule has 0 unspecified atom stereocenters. The summed E-state index contributed by atoms with van der Waals surface area (Å²) in [6, 6.07) is -0.471. The highest BCUT2D eigenvalue weighted by molar-refractivity contribution is 5.74. The molecule has 1 fully saturated rings. The molecule has 1 aliphatic rings. The maximum absolute atomic E-state index is 12.4. The van der Waals surface area contributed by atoms with Crippen molar-refractivity contribution in [3.63, 3.8) is 0 Å². The molecule has 0 atom stereocenters. The van der Waals surface area contributed by atoms with Gasteiger partial charge in [-0.05, 0) is 25.2 Å². The van der Waals surface area contributed by atoms with Gasteiger partial charge in [0.15, 0.2) is 0 Å². The van der Waals surface area contributed by atoms with Gasteiger partial charge in [-0.25, -0.2) is 4.79 Å². The standard InChI is InChI=1S/C12H21F3N2O/c1-3-6-17(9-12(13,14)15)11(18)16-7-4-10(2)5-8-16/h10H,3-9H2,1-2H3. The SMILES string of the molecule is CCCN(CC(F)(F)F)C(=O)N1CCC(C)CC1. The van der Waals surface area contributed by atoms with E-state index in [1.165, 1.54) is 0 Å². The van der Waals surface area contributed by atoms with Gasteiger partial charge in [0.25, 0.3) is 0 Å². The van der Waals surface area contributed by atoms with Crippen molar-refractivity contribution in [1.82, 2.24) is 9.80 Å². The molecule has 1 rings (SSSR count). The molecule has 3 nitrogen and oxygen atoms in total. The van der Waals surface area contributed by atoms with Gasteiger partial charge < -0.3 is 9.80 Å². The predicted molar refractivity (Wildman–Crippen MR) is 63.3 cm³/mol. The van der Waals surface area contributed by atoms with Crippen LogP contribution in [-0.4, -0.2) is 48.2 Å². The van der Waals surface area contributed by atoms with Crippen molar-refractivity contribution in [2.45, 2.75) is 39.3 Å². The Morgan fingerprint density at radius 2 is 1.89 bits per heavy atom. The number of amides is 2. The van der Waals surface area contributed by atoms with E-state index in [9.17, 15) is 18.0 Å². The Morgan fingerprint density at radius 3 is 2.33 bits per heavy atom. The van der Waals surface area contributed by atoms with Gasteiger partial charge in [-0.1, -0.05) is 13.8 Å². The molecule has 1 saturated heterocycles. The van der Waals surface area contributed by atoms with Crippen molar-refractivity contribution in [3.05, 3.63) is 0 Å². The van der Waals surface area contributed by atoms with Gasteiger partial charge in [0.2, 0.25) is 0 Å². The second-order valence-corrected chi connectivity index (χ2v) is 4.99. The molecular weight excluding hydrogens is 245 g/mol. The van der Waals surface area contributed by atoms with E-state index < -0.39 is 18.8 Å². The Hall–Kier alpha value is -0.940. The lowest BCUT2D eigenvalue weighted by Gasteiger charge is -2.35. The van der Waals surface area contributed by atoms with Gasteiger partial charge in [0.05, 0.1) is 0 Å². The van der Waals surface area contributed by atoms with Crippen LogP contribution < -0.4 is 0 Å². The Bertz CT molecular complexity index is 273. The lowest BCUT2D eigenvalue weighted by molar-refractivity contribution is -0.141. The van der Waals surface area contributed by atoms with Crippen molar-refractivity contribution in [1.29, 1.82) is 0 Å². The molecular formula is C12H21F3N2O. The summed E-state index contributed by atoms with van der Waals surface area (Å²) in [7, 11) is 0. The highest BCUT2D eigenvalue weighted by Crippen LogP contribution is 2.21. The number of carbonyl (C=O) groups is 1. The summed E-state index contributed by atoms with van der Waals surface area (Å²) in [6.07, 6.45) is -2.05. The molecule has 0 bridgehead atoms. The normalized spacial score (nSPS) is 17.9. The van der Waals surface area contributed by atoms with Crippen LogP contribution in [0.5, 0.6) is 0 Å². The first-order valence-corrected chi connectivity index (χ1v) is 6.44. The van der Waals surface area contributed by atoms with Crippen molar-refractivity contribution >= 4 is 6.03 Å². The minimum Gasteiger partial charge on any atom is -0.325 e. The van der Waals surface area contributed by atoms with Crippen molar-refractivity contribution in [2.75, 3.05) is 26.2 Å². The van der Waals surface area contributed by atoms with Crippen LogP contribution in [0.3, 0.4) is 0 Å². The molecule has 0 aromatic rings. The van der Waals surface area contributed by atoms with Crippen LogP contribution >= 0.6 is 0 Å². The fourth-order valence-corrected chi connectivity index (χ4v) is 2.13. The van der Waals surface area contributed by atoms with Gasteiger partial charge in [-0.3, -0.25) is 0 Å². The third kappa shape index (κ3) is 4.74. The Labute approximate surface area is 106 Å². The number of alkyl halides is 3. The van der Waals surface area contributed by atoms with E-state index in [4.69, 9.17) is 0 Å². The summed E-state index contributed by atoms with van der Waals surface area (Å²) in [5, 5.41) is 0. The summed E-state index contributed by atoms with van der Waals surface area (Å²) in [5.74, 6) is 0.552. The number of halogens is 3. The van der Waals surface area contributed by atoms with Gasteiger partial charge in [0.1, 0.15) is 6.54 Å². The average Bonchev–Trinajstić information content (AvgIpc) is 2.27. The summed E-state index contributed by atoms with van der Waals surface area (Å²) in [4.78, 5) is 14.5. The number of hydrogen-bond acceptors (Lipinski definition) is 1. The molecule has 0 aromatic carbocycles. The molecule has 0 aromatic heterocycles. The van der Waals surface area contributed by atoms with E-state index in [-0.39, 0.29) is 6.54 Å². The van der Waals surface area contributed by atoms with E-state index in [0.717, 1.165) is 17.7 Å². The average molecular weight is 266 g/mol. The van der Waals surface area contributed by atoms with Crippen molar-refractivity contribution in [3.8, 4) is 0 Å². The number of urea groups is 1. The zero-order valence-corrected chi connectivity index (χ0v) is 11.0. The first-order chi connectivity index (χ1) is 8.33. The monoisotopic (exact) mass is 266 g/mol. The number of rotatable bonds is 3. The number of nitrogens with zero attached hydrogens (tertiary/aromatic N) is 2. The number of hydrogen-bond donors (Lipinski definition) is 0. The van der Waals surface area contributed by atoms with Gasteiger partial charge >= 0.3 is 12.2 Å². The van der Waals surface area contributed by atoms with E-state index in [0.29, 0.717) is 25.4 Å². The lowest BCUT2D eigenvalue weighted by Crippen LogP contribution is -2.49. The fourth-order valence-electron chi connectivity index (χ4n) is 2.13. The van der Waals surface area contributed by atoms with Crippen molar-refractivity contribution < 1.29 is 18.0 Å². The molecule has 2 amide bonds. The summed E-state index contributed by atoms with van der Waals surface area (Å²) in [6.45, 7) is 4.02. The lowest BCUT2D eigenvalue weighted by atomic mass is 9.99. The summed E-state index contributed by atoms with van der Waals surface area (Å²) >= 11 is 0. The zero-order valence-electron chi connectivity index (χ0n) is 11.0. The molecule has 0 radical (unpaired) electrons. The number of carbonyl (C=O) groups excluding carboxylic acids is 1. The Balaban J connectivity index is 2.59. The van der Waals surface area contributed by atoms with Crippen LogP contribution in [0.25, 0.3) is 0 Å². The summed E-state index contributed by atoms with van der Waals surface area (Å²) in [5.41, 5.74) is 0. The molecule has 18 heavy (non-hydrogen) atoms. The molecule has 106 valence electrons. The van der Waals surface area contributed by atoms with Gasteiger partial charge in [-0.2, -0.15) is 13.2 Å². The molecule has 1 aliphatic heterocycles. The number of likely N-dealkylation sites (tertiary alicyclic amines) is 1. The van der Waals surface area contributed by atoms with Crippen molar-refractivity contribution in [2.24, 2.45) is 5.92 Å². The highest BCUT2D eigenvalue weighted by Gasteiger charge is 2.34. The minimum atomic E-state index is -4.33. The van der Waals surface area contributed by atoms with Gasteiger partial charge in [0, 0.05) is 19.6 Å². The van der Waals surface area contributed by atoms with E-state index >= 15 is 0 Å². The molecule has 1 heterocycles. The van der Waals surface area contributed by atoms with Crippen LogP contribution in [-0.2, 0) is 0 Å². The predicted octanol–water partition coefficient (Wildman–Crippen LogP) is 3.11. The summed E-state index contributed by atoms with van der Waals surface area (Å²) < 4.78 is 37.2. The highest BCUT2D eigenvalue weighted by atomic mass is 19.4. The quantitative estimate of drug-likeness (QED) is 0.770. The third-order valence-corrected chi connectivity index (χ3v) is 3.19. The maximum Gasteiger partial charge on any atom is 0.406 e. The molecule has 6 heteroatoms. The third-order valence-electron chi connectivity index (χ3n) is 3.19. The number of piperidine rings is 1. The zero-order chi connectivity index (χ0) is 13.8. The maximum atomic E-state index is 12.4. The Morgan fingerprint density at radius 1 is 1.33 bits per heavy atom. The topological polar surface area (TPSA) is 23.6 Å². The molecule has 0 aliphatic carbocycles. The van der Waals surface area contributed by atoms with E-state index in [1.807, 2.05) is 0 Å². The second kappa shape index (κ2) is 6.29. The minimum absolute atomic E-state index is 0.157. The van der Waals surface area contributed by atoms with Crippen LogP contribution in [0.1, 0.15) is 33.1 Å².